The Morgan fingerprint density at radius 3 is 2.61 bits per heavy atom. The maximum atomic E-state index is 11.7. The van der Waals surface area contributed by atoms with Crippen LogP contribution in [-0.2, 0) is 4.79 Å². The minimum Gasteiger partial charge on any atom is -0.493 e. The topological polar surface area (TPSA) is 47.6 Å². The molecule has 1 aliphatic carbocycles. The van der Waals surface area contributed by atoms with Gasteiger partial charge in [0.2, 0.25) is 0 Å². The number of ether oxygens (including phenoxy) is 2. The maximum Gasteiger partial charge on any atom is 0.258 e. The number of nitrogens with one attached hydrogen (secondary N) is 1. The van der Waals surface area contributed by atoms with Gasteiger partial charge in [-0.15, -0.1) is 0 Å². The molecule has 0 heterocycles. The van der Waals surface area contributed by atoms with E-state index in [4.69, 9.17) is 9.47 Å². The Labute approximate surface area is 107 Å². The van der Waals surface area contributed by atoms with E-state index in [1.54, 1.807) is 13.2 Å². The lowest BCUT2D eigenvalue weighted by Gasteiger charge is -2.13. The van der Waals surface area contributed by atoms with Crippen molar-refractivity contribution in [2.24, 2.45) is 0 Å². The van der Waals surface area contributed by atoms with E-state index >= 15 is 0 Å². The molecule has 1 aliphatic rings. The van der Waals surface area contributed by atoms with Crippen molar-refractivity contribution in [2.45, 2.75) is 31.7 Å². The van der Waals surface area contributed by atoms with Gasteiger partial charge in [-0.3, -0.25) is 4.79 Å². The highest BCUT2D eigenvalue weighted by molar-refractivity contribution is 5.78. The van der Waals surface area contributed by atoms with Crippen LogP contribution in [0.5, 0.6) is 11.5 Å². The summed E-state index contributed by atoms with van der Waals surface area (Å²) in [7, 11) is 1.58. The van der Waals surface area contributed by atoms with E-state index in [0.29, 0.717) is 17.5 Å². The van der Waals surface area contributed by atoms with Gasteiger partial charge in [0.25, 0.3) is 5.91 Å². The zero-order valence-electron chi connectivity index (χ0n) is 10.6. The van der Waals surface area contributed by atoms with Gasteiger partial charge >= 0.3 is 0 Å². The number of carbonyl (C=O) groups excluding carboxylic acids is 1. The molecule has 0 atom stereocenters. The summed E-state index contributed by atoms with van der Waals surface area (Å²) in [4.78, 5) is 11.7. The molecule has 0 saturated heterocycles. The zero-order valence-corrected chi connectivity index (χ0v) is 10.6. The fourth-order valence-corrected chi connectivity index (χ4v) is 2.22. The third-order valence-corrected chi connectivity index (χ3v) is 3.15. The van der Waals surface area contributed by atoms with Crippen LogP contribution in [0.3, 0.4) is 0 Å². The van der Waals surface area contributed by atoms with Gasteiger partial charge in [-0.05, 0) is 25.0 Å². The van der Waals surface area contributed by atoms with Gasteiger partial charge < -0.3 is 14.8 Å². The average Bonchev–Trinajstić information content (AvgIpc) is 2.89. The Balaban J connectivity index is 1.81. The van der Waals surface area contributed by atoms with E-state index in [1.165, 1.54) is 12.8 Å². The van der Waals surface area contributed by atoms with Crippen molar-refractivity contribution in [1.29, 1.82) is 0 Å². The number of rotatable bonds is 5. The second kappa shape index (κ2) is 6.28. The molecule has 1 fully saturated rings. The molecule has 1 amide bonds. The van der Waals surface area contributed by atoms with Crippen LogP contribution in [0.1, 0.15) is 25.7 Å². The first kappa shape index (κ1) is 12.7. The second-order valence-electron chi connectivity index (χ2n) is 4.49. The molecule has 1 N–H and O–H groups in total. The quantitative estimate of drug-likeness (QED) is 0.869. The highest BCUT2D eigenvalue weighted by atomic mass is 16.5. The van der Waals surface area contributed by atoms with E-state index < -0.39 is 0 Å². The number of methoxy groups -OCH3 is 1. The molecular formula is C14H19NO3. The molecular weight excluding hydrogens is 230 g/mol. The summed E-state index contributed by atoms with van der Waals surface area (Å²) in [5.74, 6) is 1.18. The minimum absolute atomic E-state index is 0.0386. The third kappa shape index (κ3) is 3.39. The molecule has 98 valence electrons. The molecule has 0 bridgehead atoms. The molecule has 0 radical (unpaired) electrons. The number of benzene rings is 1. The van der Waals surface area contributed by atoms with Gasteiger partial charge in [0.05, 0.1) is 7.11 Å². The molecule has 1 aromatic rings. The van der Waals surface area contributed by atoms with Crippen molar-refractivity contribution < 1.29 is 14.3 Å². The summed E-state index contributed by atoms with van der Waals surface area (Å²) in [6.07, 6.45) is 4.58. The number of carbonyl (C=O) groups is 1. The average molecular weight is 249 g/mol. The molecule has 18 heavy (non-hydrogen) atoms. The van der Waals surface area contributed by atoms with Crippen molar-refractivity contribution in [1.82, 2.24) is 5.32 Å². The van der Waals surface area contributed by atoms with Crippen LogP contribution in [-0.4, -0.2) is 25.7 Å². The lowest BCUT2D eigenvalue weighted by Crippen LogP contribution is -2.36. The van der Waals surface area contributed by atoms with Crippen molar-refractivity contribution >= 4 is 5.91 Å². The second-order valence-corrected chi connectivity index (χ2v) is 4.49. The summed E-state index contributed by atoms with van der Waals surface area (Å²) in [6.45, 7) is 0.0386. The summed E-state index contributed by atoms with van der Waals surface area (Å²) in [6, 6.07) is 7.65. The molecule has 0 aliphatic heterocycles. The van der Waals surface area contributed by atoms with Gasteiger partial charge in [-0.25, -0.2) is 0 Å². The van der Waals surface area contributed by atoms with Crippen molar-refractivity contribution in [3.05, 3.63) is 24.3 Å². The number of amides is 1. The number of hydrogen-bond donors (Lipinski definition) is 1. The first-order valence-electron chi connectivity index (χ1n) is 6.35. The van der Waals surface area contributed by atoms with Crippen molar-refractivity contribution in [3.8, 4) is 11.5 Å². The van der Waals surface area contributed by atoms with Crippen molar-refractivity contribution in [2.75, 3.05) is 13.7 Å². The van der Waals surface area contributed by atoms with E-state index in [1.807, 2.05) is 18.2 Å². The Morgan fingerprint density at radius 2 is 1.94 bits per heavy atom. The van der Waals surface area contributed by atoms with Gasteiger partial charge in [0.1, 0.15) is 0 Å². The van der Waals surface area contributed by atoms with Crippen molar-refractivity contribution in [3.63, 3.8) is 0 Å². The Bertz CT molecular complexity index is 400. The lowest BCUT2D eigenvalue weighted by molar-refractivity contribution is -0.123. The first-order valence-corrected chi connectivity index (χ1v) is 6.35. The highest BCUT2D eigenvalue weighted by Crippen LogP contribution is 2.25. The van der Waals surface area contributed by atoms with Crippen LogP contribution in [0.25, 0.3) is 0 Å². The molecule has 2 rings (SSSR count). The van der Waals surface area contributed by atoms with Crippen LogP contribution in [0, 0.1) is 0 Å². The van der Waals surface area contributed by atoms with Crippen LogP contribution >= 0.6 is 0 Å². The molecule has 0 unspecified atom stereocenters. The number of para-hydroxylation sites is 2. The largest absolute Gasteiger partial charge is 0.493 e. The van der Waals surface area contributed by atoms with Gasteiger partial charge in [0, 0.05) is 6.04 Å². The molecule has 1 aromatic carbocycles. The predicted molar refractivity (Wildman–Crippen MR) is 68.9 cm³/mol. The highest BCUT2D eigenvalue weighted by Gasteiger charge is 2.17. The summed E-state index contributed by atoms with van der Waals surface area (Å²) >= 11 is 0. The molecule has 4 heteroatoms. The standard InChI is InChI=1S/C14H19NO3/c1-17-12-8-4-5-9-13(12)18-10-14(16)15-11-6-2-3-7-11/h4-5,8-9,11H,2-3,6-7,10H2,1H3,(H,15,16). The maximum absolute atomic E-state index is 11.7. The smallest absolute Gasteiger partial charge is 0.258 e. The van der Waals surface area contributed by atoms with E-state index in [9.17, 15) is 4.79 Å². The van der Waals surface area contributed by atoms with Crippen LogP contribution in [0.15, 0.2) is 24.3 Å². The van der Waals surface area contributed by atoms with E-state index in [2.05, 4.69) is 5.32 Å². The number of hydrogen-bond acceptors (Lipinski definition) is 3. The van der Waals surface area contributed by atoms with Crippen LogP contribution < -0.4 is 14.8 Å². The summed E-state index contributed by atoms with van der Waals surface area (Å²) in [5, 5.41) is 2.98. The monoisotopic (exact) mass is 249 g/mol. The van der Waals surface area contributed by atoms with Crippen LogP contribution in [0.4, 0.5) is 0 Å². The first-order chi connectivity index (χ1) is 8.79. The Kier molecular flexibility index (Phi) is 4.45. The molecule has 4 nitrogen and oxygen atoms in total. The van der Waals surface area contributed by atoms with Crippen LogP contribution in [0.2, 0.25) is 0 Å². The SMILES string of the molecule is COc1ccccc1OCC(=O)NC1CCCC1. The van der Waals surface area contributed by atoms with Gasteiger partial charge in [-0.2, -0.15) is 0 Å². The molecule has 0 aromatic heterocycles. The Hall–Kier alpha value is -1.71. The van der Waals surface area contributed by atoms with E-state index in [-0.39, 0.29) is 12.5 Å². The minimum atomic E-state index is -0.0622. The fraction of sp³-hybridized carbons (Fsp3) is 0.500. The lowest BCUT2D eigenvalue weighted by atomic mass is 10.2. The van der Waals surface area contributed by atoms with Gasteiger partial charge in [0.15, 0.2) is 18.1 Å². The summed E-state index contributed by atoms with van der Waals surface area (Å²) in [5.41, 5.74) is 0. The zero-order chi connectivity index (χ0) is 12.8. The summed E-state index contributed by atoms with van der Waals surface area (Å²) < 4.78 is 10.6. The Morgan fingerprint density at radius 1 is 1.28 bits per heavy atom. The predicted octanol–water partition coefficient (Wildman–Crippen LogP) is 2.13. The fourth-order valence-electron chi connectivity index (χ4n) is 2.22. The van der Waals surface area contributed by atoms with E-state index in [0.717, 1.165) is 12.8 Å². The third-order valence-electron chi connectivity index (χ3n) is 3.15. The molecule has 1 saturated carbocycles. The van der Waals surface area contributed by atoms with Gasteiger partial charge in [-0.1, -0.05) is 25.0 Å². The molecule has 0 spiro atoms. The normalized spacial score (nSPS) is 15.4.